The molecular weight excluding hydrogens is 264 g/mol. The van der Waals surface area contributed by atoms with Gasteiger partial charge in [-0.3, -0.25) is 4.79 Å². The third-order valence-corrected chi connectivity index (χ3v) is 4.99. The van der Waals surface area contributed by atoms with Gasteiger partial charge in [-0.1, -0.05) is 12.1 Å². The number of amides is 1. The number of sulfone groups is 1. The van der Waals surface area contributed by atoms with Crippen molar-refractivity contribution in [1.29, 1.82) is 0 Å². The molecule has 1 aromatic rings. The zero-order valence-corrected chi connectivity index (χ0v) is 11.5. The second kappa shape index (κ2) is 5.71. The number of rotatable bonds is 2. The van der Waals surface area contributed by atoms with Gasteiger partial charge in [-0.25, -0.2) is 8.42 Å². The summed E-state index contributed by atoms with van der Waals surface area (Å²) >= 11 is 0. The van der Waals surface area contributed by atoms with Gasteiger partial charge < -0.3 is 10.6 Å². The molecule has 0 saturated carbocycles. The Balaban J connectivity index is 2.10. The normalized spacial score (nSPS) is 18.9. The standard InChI is InChI=1S/C13H18N2O3S/c14-10-11-2-4-12(5-3-11)13(16)15-6-1-8-19(17,18)9-7-15/h2-5H,1,6-10,14H2. The van der Waals surface area contributed by atoms with Gasteiger partial charge in [0.2, 0.25) is 0 Å². The van der Waals surface area contributed by atoms with Crippen molar-refractivity contribution in [3.63, 3.8) is 0 Å². The highest BCUT2D eigenvalue weighted by atomic mass is 32.2. The summed E-state index contributed by atoms with van der Waals surface area (Å²) in [6, 6.07) is 7.12. The van der Waals surface area contributed by atoms with E-state index in [9.17, 15) is 13.2 Å². The van der Waals surface area contributed by atoms with Crippen LogP contribution in [0.3, 0.4) is 0 Å². The molecule has 0 aromatic heterocycles. The Hall–Kier alpha value is -1.40. The van der Waals surface area contributed by atoms with Gasteiger partial charge in [0.25, 0.3) is 5.91 Å². The van der Waals surface area contributed by atoms with Crippen LogP contribution in [0.5, 0.6) is 0 Å². The van der Waals surface area contributed by atoms with E-state index in [1.807, 2.05) is 12.1 Å². The summed E-state index contributed by atoms with van der Waals surface area (Å²) in [6.07, 6.45) is 0.509. The molecule has 1 aliphatic heterocycles. The summed E-state index contributed by atoms with van der Waals surface area (Å²) in [7, 11) is -2.99. The number of carbonyl (C=O) groups excluding carboxylic acids is 1. The van der Waals surface area contributed by atoms with E-state index in [1.54, 1.807) is 17.0 Å². The minimum atomic E-state index is -2.99. The van der Waals surface area contributed by atoms with Crippen molar-refractivity contribution in [2.75, 3.05) is 24.6 Å². The van der Waals surface area contributed by atoms with E-state index in [1.165, 1.54) is 0 Å². The van der Waals surface area contributed by atoms with Crippen LogP contribution in [0, 0.1) is 0 Å². The Kier molecular flexibility index (Phi) is 4.21. The highest BCUT2D eigenvalue weighted by molar-refractivity contribution is 7.91. The van der Waals surface area contributed by atoms with E-state index in [4.69, 9.17) is 5.73 Å². The highest BCUT2D eigenvalue weighted by Gasteiger charge is 2.23. The van der Waals surface area contributed by atoms with Gasteiger partial charge in [0, 0.05) is 25.2 Å². The molecular formula is C13H18N2O3S. The Bertz CT molecular complexity index is 552. The molecule has 6 heteroatoms. The third kappa shape index (κ3) is 3.54. The minimum Gasteiger partial charge on any atom is -0.338 e. The molecule has 5 nitrogen and oxygen atoms in total. The average Bonchev–Trinajstić information content (AvgIpc) is 2.59. The lowest BCUT2D eigenvalue weighted by Gasteiger charge is -2.19. The number of nitrogens with two attached hydrogens (primary N) is 1. The second-order valence-electron chi connectivity index (χ2n) is 4.70. The highest BCUT2D eigenvalue weighted by Crippen LogP contribution is 2.11. The number of hydrogen-bond donors (Lipinski definition) is 1. The predicted molar refractivity (Wildman–Crippen MR) is 73.5 cm³/mol. The first-order valence-electron chi connectivity index (χ1n) is 6.30. The molecule has 2 N–H and O–H groups in total. The smallest absolute Gasteiger partial charge is 0.253 e. The zero-order valence-electron chi connectivity index (χ0n) is 10.7. The van der Waals surface area contributed by atoms with E-state index < -0.39 is 9.84 Å². The molecule has 0 spiro atoms. The van der Waals surface area contributed by atoms with E-state index in [0.29, 0.717) is 25.1 Å². The molecule has 0 radical (unpaired) electrons. The molecule has 1 amide bonds. The molecule has 1 saturated heterocycles. The number of hydrogen-bond acceptors (Lipinski definition) is 4. The maximum absolute atomic E-state index is 12.3. The Morgan fingerprint density at radius 3 is 2.47 bits per heavy atom. The summed E-state index contributed by atoms with van der Waals surface area (Å²) in [4.78, 5) is 13.9. The van der Waals surface area contributed by atoms with Gasteiger partial charge >= 0.3 is 0 Å². The second-order valence-corrected chi connectivity index (χ2v) is 7.00. The molecule has 19 heavy (non-hydrogen) atoms. The van der Waals surface area contributed by atoms with Crippen LogP contribution in [0.4, 0.5) is 0 Å². The van der Waals surface area contributed by atoms with Crippen LogP contribution in [-0.2, 0) is 16.4 Å². The fourth-order valence-corrected chi connectivity index (χ4v) is 3.38. The fourth-order valence-electron chi connectivity index (χ4n) is 2.11. The summed E-state index contributed by atoms with van der Waals surface area (Å²) < 4.78 is 23.0. The molecule has 1 aromatic carbocycles. The van der Waals surface area contributed by atoms with Crippen molar-refractivity contribution in [2.24, 2.45) is 5.73 Å². The summed E-state index contributed by atoms with van der Waals surface area (Å²) in [6.45, 7) is 1.22. The van der Waals surface area contributed by atoms with E-state index in [2.05, 4.69) is 0 Å². The van der Waals surface area contributed by atoms with Crippen molar-refractivity contribution in [2.45, 2.75) is 13.0 Å². The number of nitrogens with zero attached hydrogens (tertiary/aromatic N) is 1. The van der Waals surface area contributed by atoms with Crippen LogP contribution in [0.25, 0.3) is 0 Å². The van der Waals surface area contributed by atoms with Crippen LogP contribution in [-0.4, -0.2) is 43.8 Å². The maximum atomic E-state index is 12.3. The Morgan fingerprint density at radius 1 is 1.16 bits per heavy atom. The summed E-state index contributed by atoms with van der Waals surface area (Å²) in [5, 5.41) is 0. The zero-order chi connectivity index (χ0) is 13.9. The summed E-state index contributed by atoms with van der Waals surface area (Å²) in [5.41, 5.74) is 7.05. The van der Waals surface area contributed by atoms with Crippen molar-refractivity contribution in [3.05, 3.63) is 35.4 Å². The lowest BCUT2D eigenvalue weighted by Crippen LogP contribution is -2.33. The Morgan fingerprint density at radius 2 is 1.84 bits per heavy atom. The van der Waals surface area contributed by atoms with Gasteiger partial charge in [-0.15, -0.1) is 0 Å². The molecule has 1 fully saturated rings. The van der Waals surface area contributed by atoms with Gasteiger partial charge in [0.15, 0.2) is 9.84 Å². The third-order valence-electron chi connectivity index (χ3n) is 3.28. The van der Waals surface area contributed by atoms with E-state index in [-0.39, 0.29) is 24.0 Å². The molecule has 0 unspecified atom stereocenters. The van der Waals surface area contributed by atoms with Gasteiger partial charge in [-0.05, 0) is 24.1 Å². The number of carbonyl (C=O) groups is 1. The Labute approximate surface area is 113 Å². The lowest BCUT2D eigenvalue weighted by molar-refractivity contribution is 0.0768. The minimum absolute atomic E-state index is 0.0552. The molecule has 0 aliphatic carbocycles. The summed E-state index contributed by atoms with van der Waals surface area (Å²) in [5.74, 6) is 0.114. The average molecular weight is 282 g/mol. The lowest BCUT2D eigenvalue weighted by atomic mass is 10.1. The monoisotopic (exact) mass is 282 g/mol. The van der Waals surface area contributed by atoms with Crippen LogP contribution in [0.15, 0.2) is 24.3 Å². The van der Waals surface area contributed by atoms with Crippen molar-refractivity contribution < 1.29 is 13.2 Å². The van der Waals surface area contributed by atoms with Gasteiger partial charge in [-0.2, -0.15) is 0 Å². The fraction of sp³-hybridized carbons (Fsp3) is 0.462. The molecule has 0 bridgehead atoms. The van der Waals surface area contributed by atoms with Crippen molar-refractivity contribution in [3.8, 4) is 0 Å². The topological polar surface area (TPSA) is 80.5 Å². The molecule has 2 rings (SSSR count). The van der Waals surface area contributed by atoms with Crippen LogP contribution in [0.2, 0.25) is 0 Å². The molecule has 0 atom stereocenters. The van der Waals surface area contributed by atoms with Crippen LogP contribution in [0.1, 0.15) is 22.3 Å². The SMILES string of the molecule is NCc1ccc(C(=O)N2CCCS(=O)(=O)CC2)cc1. The van der Waals surface area contributed by atoms with Crippen LogP contribution < -0.4 is 5.73 Å². The maximum Gasteiger partial charge on any atom is 0.253 e. The number of benzene rings is 1. The first kappa shape index (κ1) is 14.0. The predicted octanol–water partition coefficient (Wildman–Crippen LogP) is 0.406. The van der Waals surface area contributed by atoms with Crippen molar-refractivity contribution >= 4 is 15.7 Å². The van der Waals surface area contributed by atoms with Gasteiger partial charge in [0.05, 0.1) is 11.5 Å². The first-order valence-corrected chi connectivity index (χ1v) is 8.13. The molecule has 1 aliphatic rings. The van der Waals surface area contributed by atoms with Crippen LogP contribution >= 0.6 is 0 Å². The van der Waals surface area contributed by atoms with Crippen molar-refractivity contribution in [1.82, 2.24) is 4.90 Å². The largest absolute Gasteiger partial charge is 0.338 e. The van der Waals surface area contributed by atoms with E-state index in [0.717, 1.165) is 5.56 Å². The quantitative estimate of drug-likeness (QED) is 0.851. The first-order chi connectivity index (χ1) is 9.02. The van der Waals surface area contributed by atoms with E-state index >= 15 is 0 Å². The van der Waals surface area contributed by atoms with Gasteiger partial charge in [0.1, 0.15) is 0 Å². The molecule has 1 heterocycles. The molecule has 104 valence electrons.